The van der Waals surface area contributed by atoms with Crippen LogP contribution in [-0.4, -0.2) is 27.3 Å². The van der Waals surface area contributed by atoms with Gasteiger partial charge in [-0.15, -0.1) is 0 Å². The van der Waals surface area contributed by atoms with Gasteiger partial charge in [-0.1, -0.05) is 24.3 Å². The van der Waals surface area contributed by atoms with Crippen LogP contribution in [0.25, 0.3) is 0 Å². The van der Waals surface area contributed by atoms with Crippen LogP contribution in [0.15, 0.2) is 30.3 Å². The van der Waals surface area contributed by atoms with E-state index >= 15 is 0 Å². The summed E-state index contributed by atoms with van der Waals surface area (Å²) in [6.07, 6.45) is 0.908. The predicted octanol–water partition coefficient (Wildman–Crippen LogP) is 2.29. The Kier molecular flexibility index (Phi) is 3.22. The van der Waals surface area contributed by atoms with Crippen LogP contribution in [0.1, 0.15) is 33.1 Å². The minimum Gasteiger partial charge on any atom is -0.333 e. The Labute approximate surface area is 118 Å². The highest BCUT2D eigenvalue weighted by Gasteiger charge is 2.22. The van der Waals surface area contributed by atoms with Gasteiger partial charge >= 0.3 is 0 Å². The van der Waals surface area contributed by atoms with Gasteiger partial charge < -0.3 is 4.90 Å². The number of rotatable bonds is 1. The van der Waals surface area contributed by atoms with Crippen LogP contribution in [0.5, 0.6) is 0 Å². The standard InChI is InChI=1S/C16H17N3O/c1-11-9-15(18-12(2)17-11)16(20)19-8-7-13-5-3-4-6-14(13)10-19/h3-6,9H,7-8,10H2,1-2H3. The monoisotopic (exact) mass is 267 g/mol. The van der Waals surface area contributed by atoms with Crippen molar-refractivity contribution < 1.29 is 4.79 Å². The van der Waals surface area contributed by atoms with Gasteiger partial charge in [0.1, 0.15) is 11.5 Å². The first kappa shape index (κ1) is 12.8. The zero-order chi connectivity index (χ0) is 14.1. The molecular formula is C16H17N3O. The lowest BCUT2D eigenvalue weighted by Gasteiger charge is -2.28. The summed E-state index contributed by atoms with van der Waals surface area (Å²) in [6.45, 7) is 5.11. The summed E-state index contributed by atoms with van der Waals surface area (Å²) in [7, 11) is 0. The summed E-state index contributed by atoms with van der Waals surface area (Å²) < 4.78 is 0. The van der Waals surface area contributed by atoms with Gasteiger partial charge in [0.15, 0.2) is 0 Å². The second-order valence-electron chi connectivity index (χ2n) is 5.19. The van der Waals surface area contributed by atoms with Crippen LogP contribution in [0.3, 0.4) is 0 Å². The number of carbonyl (C=O) groups excluding carboxylic acids is 1. The van der Waals surface area contributed by atoms with Gasteiger partial charge in [0.05, 0.1) is 0 Å². The fraction of sp³-hybridized carbons (Fsp3) is 0.312. The molecule has 1 aromatic carbocycles. The molecule has 0 saturated carbocycles. The summed E-state index contributed by atoms with van der Waals surface area (Å²) in [5.74, 6) is 0.638. The third kappa shape index (κ3) is 2.41. The third-order valence-electron chi connectivity index (χ3n) is 3.60. The maximum Gasteiger partial charge on any atom is 0.272 e. The average Bonchev–Trinajstić information content (AvgIpc) is 2.45. The zero-order valence-electron chi connectivity index (χ0n) is 11.8. The van der Waals surface area contributed by atoms with Crippen LogP contribution >= 0.6 is 0 Å². The largest absolute Gasteiger partial charge is 0.333 e. The van der Waals surface area contributed by atoms with E-state index in [1.165, 1.54) is 11.1 Å². The topological polar surface area (TPSA) is 46.1 Å². The molecule has 1 amide bonds. The van der Waals surface area contributed by atoms with E-state index < -0.39 is 0 Å². The zero-order valence-corrected chi connectivity index (χ0v) is 11.8. The highest BCUT2D eigenvalue weighted by molar-refractivity contribution is 5.92. The lowest BCUT2D eigenvalue weighted by atomic mass is 10.00. The van der Waals surface area contributed by atoms with Crippen molar-refractivity contribution in [2.75, 3.05) is 6.54 Å². The summed E-state index contributed by atoms with van der Waals surface area (Å²) in [5.41, 5.74) is 3.90. The Morgan fingerprint density at radius 1 is 1.15 bits per heavy atom. The van der Waals surface area contributed by atoms with Crippen molar-refractivity contribution in [3.05, 3.63) is 58.7 Å². The van der Waals surface area contributed by atoms with Crippen molar-refractivity contribution in [3.63, 3.8) is 0 Å². The van der Waals surface area contributed by atoms with E-state index in [4.69, 9.17) is 0 Å². The Morgan fingerprint density at radius 3 is 2.65 bits per heavy atom. The van der Waals surface area contributed by atoms with Crippen LogP contribution in [-0.2, 0) is 13.0 Å². The van der Waals surface area contributed by atoms with Gasteiger partial charge in [-0.25, -0.2) is 9.97 Å². The lowest BCUT2D eigenvalue weighted by molar-refractivity contribution is 0.0728. The number of fused-ring (bicyclic) bond motifs is 1. The van der Waals surface area contributed by atoms with E-state index in [0.29, 0.717) is 18.1 Å². The molecule has 1 aromatic heterocycles. The second-order valence-corrected chi connectivity index (χ2v) is 5.19. The molecule has 4 heteroatoms. The molecular weight excluding hydrogens is 250 g/mol. The predicted molar refractivity (Wildman–Crippen MR) is 76.4 cm³/mol. The minimum atomic E-state index is -0.00639. The van der Waals surface area contributed by atoms with Crippen molar-refractivity contribution >= 4 is 5.91 Å². The number of benzene rings is 1. The molecule has 2 aromatic rings. The molecule has 1 aliphatic rings. The van der Waals surface area contributed by atoms with Gasteiger partial charge in [-0.2, -0.15) is 0 Å². The molecule has 0 N–H and O–H groups in total. The van der Waals surface area contributed by atoms with Crippen molar-refractivity contribution in [1.82, 2.24) is 14.9 Å². The molecule has 0 spiro atoms. The highest BCUT2D eigenvalue weighted by Crippen LogP contribution is 2.20. The molecule has 0 unspecified atom stereocenters. The first-order chi connectivity index (χ1) is 9.63. The number of nitrogens with zero attached hydrogens (tertiary/aromatic N) is 3. The van der Waals surface area contributed by atoms with E-state index in [1.807, 2.05) is 30.9 Å². The number of hydrogen-bond donors (Lipinski definition) is 0. The van der Waals surface area contributed by atoms with Crippen LogP contribution in [0.4, 0.5) is 0 Å². The van der Waals surface area contributed by atoms with Crippen LogP contribution in [0.2, 0.25) is 0 Å². The molecule has 0 aliphatic carbocycles. The second kappa shape index (κ2) is 5.04. The molecule has 0 fully saturated rings. The van der Waals surface area contributed by atoms with E-state index in [0.717, 1.165) is 18.7 Å². The van der Waals surface area contributed by atoms with E-state index in [2.05, 4.69) is 22.1 Å². The molecule has 0 atom stereocenters. The summed E-state index contributed by atoms with van der Waals surface area (Å²) >= 11 is 0. The fourth-order valence-electron chi connectivity index (χ4n) is 2.66. The highest BCUT2D eigenvalue weighted by atomic mass is 16.2. The molecule has 3 rings (SSSR count). The number of hydrogen-bond acceptors (Lipinski definition) is 3. The average molecular weight is 267 g/mol. The summed E-state index contributed by atoms with van der Waals surface area (Å²) in [6, 6.07) is 10.1. The SMILES string of the molecule is Cc1cc(C(=O)N2CCc3ccccc3C2)nc(C)n1. The number of carbonyl (C=O) groups is 1. The molecule has 20 heavy (non-hydrogen) atoms. The number of amides is 1. The quantitative estimate of drug-likeness (QED) is 0.796. The van der Waals surface area contributed by atoms with Gasteiger partial charge in [0.2, 0.25) is 0 Å². The van der Waals surface area contributed by atoms with Crippen LogP contribution < -0.4 is 0 Å². The first-order valence-electron chi connectivity index (χ1n) is 6.82. The summed E-state index contributed by atoms with van der Waals surface area (Å²) in [5, 5.41) is 0. The van der Waals surface area contributed by atoms with Gasteiger partial charge in [-0.05, 0) is 37.5 Å². The van der Waals surface area contributed by atoms with Crippen molar-refractivity contribution in [2.24, 2.45) is 0 Å². The van der Waals surface area contributed by atoms with Crippen molar-refractivity contribution in [3.8, 4) is 0 Å². The van der Waals surface area contributed by atoms with Gasteiger partial charge in [0, 0.05) is 18.8 Å². The minimum absolute atomic E-state index is 0.00639. The Hall–Kier alpha value is -2.23. The van der Waals surface area contributed by atoms with E-state index in [1.54, 1.807) is 6.07 Å². The number of aryl methyl sites for hydroxylation is 2. The molecule has 0 bridgehead atoms. The lowest BCUT2D eigenvalue weighted by Crippen LogP contribution is -2.36. The van der Waals surface area contributed by atoms with Crippen LogP contribution in [0, 0.1) is 13.8 Å². The molecule has 102 valence electrons. The van der Waals surface area contributed by atoms with Crippen molar-refractivity contribution in [2.45, 2.75) is 26.8 Å². The van der Waals surface area contributed by atoms with E-state index in [9.17, 15) is 4.79 Å². The Bertz CT molecular complexity index is 646. The molecule has 0 saturated heterocycles. The Balaban J connectivity index is 1.86. The Morgan fingerprint density at radius 2 is 1.90 bits per heavy atom. The number of aromatic nitrogens is 2. The third-order valence-corrected chi connectivity index (χ3v) is 3.60. The summed E-state index contributed by atoms with van der Waals surface area (Å²) in [4.78, 5) is 22.9. The molecule has 4 nitrogen and oxygen atoms in total. The molecule has 2 heterocycles. The first-order valence-corrected chi connectivity index (χ1v) is 6.82. The fourth-order valence-corrected chi connectivity index (χ4v) is 2.66. The normalized spacial score (nSPS) is 14.0. The van der Waals surface area contributed by atoms with E-state index in [-0.39, 0.29) is 5.91 Å². The van der Waals surface area contributed by atoms with Crippen molar-refractivity contribution in [1.29, 1.82) is 0 Å². The maximum absolute atomic E-state index is 12.5. The van der Waals surface area contributed by atoms with Gasteiger partial charge in [0.25, 0.3) is 5.91 Å². The molecule has 0 radical (unpaired) electrons. The molecule has 1 aliphatic heterocycles. The van der Waals surface area contributed by atoms with Gasteiger partial charge in [-0.3, -0.25) is 4.79 Å². The maximum atomic E-state index is 12.5. The smallest absolute Gasteiger partial charge is 0.272 e.